The number of alkyl carbamates (subject to hydrolysis) is 1. The molecule has 2 unspecified atom stereocenters. The van der Waals surface area contributed by atoms with E-state index in [2.05, 4.69) is 21.3 Å². The second-order valence-electron chi connectivity index (χ2n) is 17.0. The number of benzene rings is 2. The summed E-state index contributed by atoms with van der Waals surface area (Å²) < 4.78 is 5.56. The van der Waals surface area contributed by atoms with Crippen LogP contribution in [0.15, 0.2) is 54.6 Å². The van der Waals surface area contributed by atoms with Crippen LogP contribution in [0.3, 0.4) is 0 Å². The highest BCUT2D eigenvalue weighted by Gasteiger charge is 2.70. The van der Waals surface area contributed by atoms with Gasteiger partial charge in [0.05, 0.1) is 12.6 Å². The summed E-state index contributed by atoms with van der Waals surface area (Å²) in [6, 6.07) is 12.4. The number of nitrogens with one attached hydrogen (secondary N) is 4. The van der Waals surface area contributed by atoms with Crippen molar-refractivity contribution in [3.05, 3.63) is 71.3 Å². The highest BCUT2D eigenvalue weighted by Crippen LogP contribution is 2.65. The fourth-order valence-corrected chi connectivity index (χ4v) is 8.26. The number of likely N-dealkylation sites (N-methyl/N-ethyl adjacent to an activating group) is 1. The van der Waals surface area contributed by atoms with Crippen molar-refractivity contribution in [2.24, 2.45) is 23.2 Å². The zero-order valence-corrected chi connectivity index (χ0v) is 33.6. The fourth-order valence-electron chi connectivity index (χ4n) is 8.26. The van der Waals surface area contributed by atoms with Gasteiger partial charge in [0, 0.05) is 20.6 Å². The van der Waals surface area contributed by atoms with Crippen LogP contribution >= 0.6 is 0 Å². The third-order valence-corrected chi connectivity index (χ3v) is 11.2. The van der Waals surface area contributed by atoms with Crippen molar-refractivity contribution in [3.8, 4) is 0 Å². The number of nitrogens with zero attached hydrogens (tertiary/aromatic N) is 2. The van der Waals surface area contributed by atoms with E-state index < -0.39 is 71.8 Å². The Hall–Kier alpha value is -5.27. The molecule has 14 nitrogen and oxygen atoms in total. The average molecular weight is 773 g/mol. The van der Waals surface area contributed by atoms with Crippen molar-refractivity contribution in [1.29, 1.82) is 0 Å². The normalized spacial score (nSPS) is 21.0. The third kappa shape index (κ3) is 9.39. The fraction of sp³-hybridized carbons (Fsp3) is 0.548. The van der Waals surface area contributed by atoms with Crippen molar-refractivity contribution in [2.75, 3.05) is 27.2 Å². The van der Waals surface area contributed by atoms with Gasteiger partial charge in [0.25, 0.3) is 5.91 Å². The van der Waals surface area contributed by atoms with Crippen LogP contribution in [-0.2, 0) is 46.3 Å². The molecular formula is C42H56N6O8. The van der Waals surface area contributed by atoms with Crippen molar-refractivity contribution in [1.82, 2.24) is 31.1 Å². The maximum Gasteiger partial charge on any atom is 0.408 e. The minimum Gasteiger partial charge on any atom is -0.444 e. The first-order valence-corrected chi connectivity index (χ1v) is 19.4. The lowest BCUT2D eigenvalue weighted by Crippen LogP contribution is -2.60. The van der Waals surface area contributed by atoms with Crippen LogP contribution in [0, 0.1) is 23.2 Å². The van der Waals surface area contributed by atoms with E-state index in [4.69, 9.17) is 4.74 Å². The maximum absolute atomic E-state index is 14.6. The topological polar surface area (TPSA) is 183 Å². The first-order chi connectivity index (χ1) is 26.3. The van der Waals surface area contributed by atoms with Crippen LogP contribution < -0.4 is 21.3 Å². The van der Waals surface area contributed by atoms with Gasteiger partial charge in [-0.3, -0.25) is 28.8 Å². The van der Waals surface area contributed by atoms with Gasteiger partial charge in [-0.25, -0.2) is 4.79 Å². The Kier molecular flexibility index (Phi) is 12.6. The lowest BCUT2D eigenvalue weighted by Gasteiger charge is -2.35. The molecule has 2 aliphatic carbocycles. The van der Waals surface area contributed by atoms with E-state index in [0.29, 0.717) is 31.4 Å². The van der Waals surface area contributed by atoms with Crippen LogP contribution in [0.1, 0.15) is 77.1 Å². The van der Waals surface area contributed by atoms with Gasteiger partial charge in [-0.15, -0.1) is 0 Å². The molecule has 6 atom stereocenters. The zero-order chi connectivity index (χ0) is 41.1. The molecule has 6 amide bonds. The van der Waals surface area contributed by atoms with Crippen LogP contribution in [0.4, 0.5) is 4.79 Å². The van der Waals surface area contributed by atoms with E-state index in [-0.39, 0.29) is 35.5 Å². The molecule has 1 saturated heterocycles. The molecule has 1 heterocycles. The predicted octanol–water partition coefficient (Wildman–Crippen LogP) is 2.69. The van der Waals surface area contributed by atoms with Crippen LogP contribution in [0.2, 0.25) is 0 Å². The molecule has 0 aromatic heterocycles. The lowest BCUT2D eigenvalue weighted by atomic mass is 9.93. The van der Waals surface area contributed by atoms with E-state index in [1.807, 2.05) is 38.1 Å². The van der Waals surface area contributed by atoms with Crippen molar-refractivity contribution < 1.29 is 38.3 Å². The molecule has 4 N–H and O–H groups in total. The SMILES string of the molecule is CCCC(NC(=O)[C@@H]1[C@@H]2C(CN1C(=O)[C@@H](NC(=O)OC(C)(C)C)C1Cc3ccccc3C1)C2(C)C)C(=O)C(=O)NCC(=O)N[C@H](C(=O)N(C)C)c1ccccc1. The van der Waals surface area contributed by atoms with Gasteiger partial charge < -0.3 is 35.8 Å². The number of Topliss-reactive ketones (excluding diaryl/α,β-unsaturated/α-hetero) is 1. The van der Waals surface area contributed by atoms with Gasteiger partial charge in [0.1, 0.15) is 23.7 Å². The summed E-state index contributed by atoms with van der Waals surface area (Å²) >= 11 is 0. The number of hydrogen-bond acceptors (Lipinski definition) is 8. The number of carbonyl (C=O) groups is 7. The molecule has 302 valence electrons. The van der Waals surface area contributed by atoms with Crippen LogP contribution in [0.5, 0.6) is 0 Å². The van der Waals surface area contributed by atoms with Crippen molar-refractivity contribution in [3.63, 3.8) is 0 Å². The standard InChI is InChI=1S/C42H56N6O8/c1-9-15-29(35(50)37(52)43-22-30(49)45-32(38(53)47(7)8)24-16-11-10-12-17-24)44-36(51)34-31-28(42(31,5)6)23-48(34)39(54)33(46-40(55)56-41(2,3)4)27-20-25-18-13-14-19-26(25)21-27/h10-14,16-19,27-29,31-34H,9,15,20-23H2,1-8H3,(H,43,52)(H,44,51)(H,45,49)(H,46,55)/t28?,29?,31-,32-,33-,34-/m0/s1. The molecule has 2 aromatic rings. The van der Waals surface area contributed by atoms with E-state index in [1.54, 1.807) is 72.1 Å². The zero-order valence-electron chi connectivity index (χ0n) is 33.6. The molecule has 0 radical (unpaired) electrons. The molecule has 0 spiro atoms. The van der Waals surface area contributed by atoms with Gasteiger partial charge in [-0.2, -0.15) is 0 Å². The molecule has 3 aliphatic rings. The molecular weight excluding hydrogens is 716 g/mol. The third-order valence-electron chi connectivity index (χ3n) is 11.2. The summed E-state index contributed by atoms with van der Waals surface area (Å²) in [5.74, 6) is -4.49. The number of hydrogen-bond donors (Lipinski definition) is 4. The first-order valence-electron chi connectivity index (χ1n) is 19.4. The molecule has 1 saturated carbocycles. The first kappa shape index (κ1) is 41.9. The minimum atomic E-state index is -1.22. The maximum atomic E-state index is 14.6. The average Bonchev–Trinajstić information content (AvgIpc) is 3.49. The molecule has 14 heteroatoms. The second kappa shape index (κ2) is 16.8. The number of carbonyl (C=O) groups excluding carboxylic acids is 7. The molecule has 2 fully saturated rings. The Bertz CT molecular complexity index is 1810. The number of amides is 6. The smallest absolute Gasteiger partial charge is 0.408 e. The number of piperidine rings is 1. The summed E-state index contributed by atoms with van der Waals surface area (Å²) in [5.41, 5.74) is 1.68. The molecule has 2 aromatic carbocycles. The Morgan fingerprint density at radius 3 is 2.07 bits per heavy atom. The summed E-state index contributed by atoms with van der Waals surface area (Å²) in [7, 11) is 3.12. The van der Waals surface area contributed by atoms with E-state index in [9.17, 15) is 33.6 Å². The Labute approximate surface area is 328 Å². The van der Waals surface area contributed by atoms with Crippen molar-refractivity contribution >= 4 is 41.4 Å². The van der Waals surface area contributed by atoms with E-state index in [1.165, 1.54) is 9.80 Å². The van der Waals surface area contributed by atoms with Gasteiger partial charge in [-0.1, -0.05) is 81.8 Å². The largest absolute Gasteiger partial charge is 0.444 e. The minimum absolute atomic E-state index is 0.0198. The van der Waals surface area contributed by atoms with E-state index >= 15 is 0 Å². The molecule has 5 rings (SSSR count). The molecule has 56 heavy (non-hydrogen) atoms. The van der Waals surface area contributed by atoms with Crippen LogP contribution in [-0.4, -0.2) is 102 Å². The Morgan fingerprint density at radius 1 is 0.893 bits per heavy atom. The highest BCUT2D eigenvalue weighted by atomic mass is 16.6. The summed E-state index contributed by atoms with van der Waals surface area (Å²) in [6.07, 6.45) is 0.976. The number of ketones is 1. The van der Waals surface area contributed by atoms with Gasteiger partial charge in [-0.05, 0) is 79.9 Å². The molecule has 1 aliphatic heterocycles. The summed E-state index contributed by atoms with van der Waals surface area (Å²) in [5, 5.41) is 10.6. The van der Waals surface area contributed by atoms with Crippen LogP contribution in [0.25, 0.3) is 0 Å². The summed E-state index contributed by atoms with van der Waals surface area (Å²) in [6.45, 7) is 10.8. The monoisotopic (exact) mass is 772 g/mol. The highest BCUT2D eigenvalue weighted by molar-refractivity contribution is 6.38. The van der Waals surface area contributed by atoms with Gasteiger partial charge >= 0.3 is 6.09 Å². The number of fused-ring (bicyclic) bond motifs is 2. The predicted molar refractivity (Wildman–Crippen MR) is 208 cm³/mol. The quantitative estimate of drug-likeness (QED) is 0.212. The Balaban J connectivity index is 1.29. The number of rotatable bonds is 14. The molecule has 0 bridgehead atoms. The van der Waals surface area contributed by atoms with Crippen molar-refractivity contribution in [2.45, 2.75) is 97.0 Å². The number of ether oxygens (including phenoxy) is 1. The van der Waals surface area contributed by atoms with Gasteiger partial charge in [0.2, 0.25) is 29.4 Å². The van der Waals surface area contributed by atoms with Gasteiger partial charge in [0.15, 0.2) is 0 Å². The lowest BCUT2D eigenvalue weighted by molar-refractivity contribution is -0.145. The number of likely N-dealkylation sites (tertiary alicyclic amines) is 1. The summed E-state index contributed by atoms with van der Waals surface area (Å²) in [4.78, 5) is 97.4. The second-order valence-corrected chi connectivity index (χ2v) is 17.0. The van der Waals surface area contributed by atoms with E-state index in [0.717, 1.165) is 11.1 Å². The Morgan fingerprint density at radius 2 is 1.50 bits per heavy atom.